The molecule has 3 heteroatoms. The lowest BCUT2D eigenvalue weighted by Gasteiger charge is -2.00. The minimum atomic E-state index is -0.963. The summed E-state index contributed by atoms with van der Waals surface area (Å²) in [5.41, 5.74) is 0. The van der Waals surface area contributed by atoms with E-state index in [4.69, 9.17) is 5.11 Å². The molecule has 0 fully saturated rings. The van der Waals surface area contributed by atoms with Crippen molar-refractivity contribution in [2.24, 2.45) is 0 Å². The molecule has 88 valence electrons. The highest BCUT2D eigenvalue weighted by Crippen LogP contribution is 2.06. The molecule has 0 aliphatic rings. The Kier molecular flexibility index (Phi) is 9.18. The molecule has 2 N–H and O–H groups in total. The lowest BCUT2D eigenvalue weighted by molar-refractivity contribution is -0.138. The van der Waals surface area contributed by atoms with Gasteiger partial charge >= 0.3 is 5.97 Å². The molecule has 1 atom stereocenters. The third-order valence-corrected chi connectivity index (χ3v) is 2.22. The zero-order chi connectivity index (χ0) is 11.5. The number of aliphatic hydroxyl groups is 1. The zero-order valence-corrected chi connectivity index (χ0v) is 9.48. The van der Waals surface area contributed by atoms with Gasteiger partial charge in [-0.2, -0.15) is 0 Å². The van der Waals surface area contributed by atoms with E-state index in [1.165, 1.54) is 25.7 Å². The number of carboxylic acid groups (broad SMARTS) is 1. The Balaban J connectivity index is 3.33. The van der Waals surface area contributed by atoms with Crippen LogP contribution in [-0.4, -0.2) is 22.3 Å². The number of unbranched alkanes of at least 4 members (excludes halogenated alkanes) is 5. The molecule has 0 radical (unpaired) electrons. The van der Waals surface area contributed by atoms with Crippen LogP contribution in [0, 0.1) is 0 Å². The molecule has 0 aromatic heterocycles. The van der Waals surface area contributed by atoms with Gasteiger partial charge in [0.05, 0.1) is 12.5 Å². The van der Waals surface area contributed by atoms with Crippen molar-refractivity contribution in [2.75, 3.05) is 0 Å². The van der Waals surface area contributed by atoms with Crippen LogP contribution < -0.4 is 0 Å². The normalized spacial score (nSPS) is 13.2. The molecular weight excluding hydrogens is 192 g/mol. The first-order chi connectivity index (χ1) is 7.16. The fourth-order valence-corrected chi connectivity index (χ4v) is 1.37. The van der Waals surface area contributed by atoms with E-state index in [9.17, 15) is 9.90 Å². The van der Waals surface area contributed by atoms with Crippen LogP contribution in [-0.2, 0) is 4.79 Å². The monoisotopic (exact) mass is 214 g/mol. The smallest absolute Gasteiger partial charge is 0.306 e. The Bertz CT molecular complexity index is 187. The largest absolute Gasteiger partial charge is 0.481 e. The molecule has 0 saturated heterocycles. The quantitative estimate of drug-likeness (QED) is 0.458. The molecule has 0 bridgehead atoms. The van der Waals surface area contributed by atoms with E-state index in [-0.39, 0.29) is 6.42 Å². The van der Waals surface area contributed by atoms with Crippen LogP contribution in [0.25, 0.3) is 0 Å². The maximum atomic E-state index is 10.2. The molecular formula is C12H22O3. The summed E-state index contributed by atoms with van der Waals surface area (Å²) in [5, 5.41) is 17.6. The number of rotatable bonds is 9. The predicted octanol–water partition coefficient (Wildman–Crippen LogP) is 2.74. The van der Waals surface area contributed by atoms with Gasteiger partial charge in [0.2, 0.25) is 0 Å². The predicted molar refractivity (Wildman–Crippen MR) is 60.8 cm³/mol. The summed E-state index contributed by atoms with van der Waals surface area (Å²) in [6, 6.07) is 0. The van der Waals surface area contributed by atoms with Gasteiger partial charge in [-0.05, 0) is 12.8 Å². The van der Waals surface area contributed by atoms with E-state index in [1.807, 2.05) is 6.08 Å². The third kappa shape index (κ3) is 11.1. The minimum absolute atomic E-state index is 0.202. The topological polar surface area (TPSA) is 57.5 Å². The van der Waals surface area contributed by atoms with E-state index in [0.29, 0.717) is 0 Å². The highest BCUT2D eigenvalue weighted by atomic mass is 16.4. The van der Waals surface area contributed by atoms with Crippen molar-refractivity contribution in [3.63, 3.8) is 0 Å². The molecule has 15 heavy (non-hydrogen) atoms. The maximum Gasteiger partial charge on any atom is 0.306 e. The fourth-order valence-electron chi connectivity index (χ4n) is 1.37. The van der Waals surface area contributed by atoms with Gasteiger partial charge in [0.25, 0.3) is 0 Å². The molecule has 0 aromatic rings. The van der Waals surface area contributed by atoms with Gasteiger partial charge in [0, 0.05) is 0 Å². The summed E-state index contributed by atoms with van der Waals surface area (Å²) in [6.07, 6.45) is 9.47. The zero-order valence-electron chi connectivity index (χ0n) is 9.48. The lowest BCUT2D eigenvalue weighted by atomic mass is 10.1. The van der Waals surface area contributed by atoms with Gasteiger partial charge in [-0.15, -0.1) is 0 Å². The van der Waals surface area contributed by atoms with E-state index < -0.39 is 12.1 Å². The lowest BCUT2D eigenvalue weighted by Crippen LogP contribution is -2.09. The molecule has 0 saturated carbocycles. The van der Waals surface area contributed by atoms with Crippen LogP contribution in [0.2, 0.25) is 0 Å². The van der Waals surface area contributed by atoms with E-state index >= 15 is 0 Å². The minimum Gasteiger partial charge on any atom is -0.481 e. The van der Waals surface area contributed by atoms with Crippen LogP contribution in [0.3, 0.4) is 0 Å². The molecule has 0 spiro atoms. The van der Waals surface area contributed by atoms with Crippen molar-refractivity contribution in [2.45, 2.75) is 58.0 Å². The Morgan fingerprint density at radius 1 is 1.27 bits per heavy atom. The number of hydrogen-bond donors (Lipinski definition) is 2. The first-order valence-corrected chi connectivity index (χ1v) is 5.73. The first-order valence-electron chi connectivity index (χ1n) is 5.73. The fraction of sp³-hybridized carbons (Fsp3) is 0.750. The van der Waals surface area contributed by atoms with Crippen molar-refractivity contribution >= 4 is 5.97 Å². The maximum absolute atomic E-state index is 10.2. The standard InChI is InChI=1S/C12H22O3/c1-2-3-4-5-6-7-8-9-11(13)10-12(14)15/h8-9,11,13H,2-7,10H2,1H3,(H,14,15). The molecule has 0 aliphatic carbocycles. The number of carbonyl (C=O) groups is 1. The number of aliphatic carboxylic acids is 1. The molecule has 0 amide bonds. The van der Waals surface area contributed by atoms with Crippen molar-refractivity contribution in [1.29, 1.82) is 0 Å². The Labute approximate surface area is 91.8 Å². The summed E-state index contributed by atoms with van der Waals surface area (Å²) in [5.74, 6) is -0.963. The van der Waals surface area contributed by atoms with Gasteiger partial charge < -0.3 is 10.2 Å². The van der Waals surface area contributed by atoms with Gasteiger partial charge in [0.15, 0.2) is 0 Å². The van der Waals surface area contributed by atoms with Gasteiger partial charge in [-0.1, -0.05) is 44.8 Å². The average molecular weight is 214 g/mol. The summed E-state index contributed by atoms with van der Waals surface area (Å²) in [4.78, 5) is 10.2. The first kappa shape index (κ1) is 14.2. The van der Waals surface area contributed by atoms with Crippen LogP contribution in [0.15, 0.2) is 12.2 Å². The van der Waals surface area contributed by atoms with Gasteiger partial charge in [0.1, 0.15) is 0 Å². The van der Waals surface area contributed by atoms with Crippen LogP contribution in [0.1, 0.15) is 51.9 Å². The average Bonchev–Trinajstić information content (AvgIpc) is 2.15. The van der Waals surface area contributed by atoms with Crippen LogP contribution in [0.5, 0.6) is 0 Å². The van der Waals surface area contributed by atoms with Crippen molar-refractivity contribution < 1.29 is 15.0 Å². The second-order valence-electron chi connectivity index (χ2n) is 3.80. The number of carboxylic acids is 1. The molecule has 3 nitrogen and oxygen atoms in total. The van der Waals surface area contributed by atoms with Crippen LogP contribution >= 0.6 is 0 Å². The Hall–Kier alpha value is -0.830. The third-order valence-electron chi connectivity index (χ3n) is 2.22. The summed E-state index contributed by atoms with van der Waals surface area (Å²) in [7, 11) is 0. The molecule has 0 aliphatic heterocycles. The van der Waals surface area contributed by atoms with E-state index in [2.05, 4.69) is 6.92 Å². The van der Waals surface area contributed by atoms with Crippen LogP contribution in [0.4, 0.5) is 0 Å². The van der Waals surface area contributed by atoms with Crippen molar-refractivity contribution in [3.8, 4) is 0 Å². The molecule has 0 rings (SSSR count). The number of aliphatic hydroxyl groups excluding tert-OH is 1. The Morgan fingerprint density at radius 2 is 1.93 bits per heavy atom. The Morgan fingerprint density at radius 3 is 2.53 bits per heavy atom. The highest BCUT2D eigenvalue weighted by molar-refractivity contribution is 5.67. The van der Waals surface area contributed by atoms with Gasteiger partial charge in [-0.25, -0.2) is 0 Å². The van der Waals surface area contributed by atoms with E-state index in [0.717, 1.165) is 12.8 Å². The summed E-state index contributed by atoms with van der Waals surface area (Å²) >= 11 is 0. The second-order valence-corrected chi connectivity index (χ2v) is 3.80. The van der Waals surface area contributed by atoms with E-state index in [1.54, 1.807) is 6.08 Å². The van der Waals surface area contributed by atoms with Crippen molar-refractivity contribution in [1.82, 2.24) is 0 Å². The highest BCUT2D eigenvalue weighted by Gasteiger charge is 2.03. The summed E-state index contributed by atoms with van der Waals surface area (Å²) < 4.78 is 0. The molecule has 0 heterocycles. The summed E-state index contributed by atoms with van der Waals surface area (Å²) in [6.45, 7) is 2.18. The molecule has 0 aromatic carbocycles. The SMILES string of the molecule is CCCCCCCC=CC(O)CC(=O)O. The number of allylic oxidation sites excluding steroid dienone is 1. The number of hydrogen-bond acceptors (Lipinski definition) is 2. The second kappa shape index (κ2) is 9.71. The molecule has 1 unspecified atom stereocenters. The van der Waals surface area contributed by atoms with Gasteiger partial charge in [-0.3, -0.25) is 4.79 Å². The van der Waals surface area contributed by atoms with Crippen molar-refractivity contribution in [3.05, 3.63) is 12.2 Å².